The molecule has 0 radical (unpaired) electrons. The molecule has 0 spiro atoms. The van der Waals surface area contributed by atoms with Crippen LogP contribution in [0.4, 0.5) is 11.4 Å². The molecule has 1 heterocycles. The van der Waals surface area contributed by atoms with Crippen molar-refractivity contribution in [3.8, 4) is 0 Å². The molecule has 1 aliphatic heterocycles. The highest BCUT2D eigenvalue weighted by molar-refractivity contribution is 5.59. The van der Waals surface area contributed by atoms with Gasteiger partial charge in [-0.15, -0.1) is 0 Å². The summed E-state index contributed by atoms with van der Waals surface area (Å²) in [6, 6.07) is 3.90. The summed E-state index contributed by atoms with van der Waals surface area (Å²) >= 11 is 0. The predicted octanol–water partition coefficient (Wildman–Crippen LogP) is 3.83. The number of hydrogen-bond donors (Lipinski definition) is 1. The molecule has 1 saturated heterocycles. The third kappa shape index (κ3) is 3.73. The van der Waals surface area contributed by atoms with E-state index in [-0.39, 0.29) is 16.7 Å². The Hall–Kier alpha value is -1.62. The van der Waals surface area contributed by atoms with Crippen molar-refractivity contribution in [1.82, 2.24) is 0 Å². The first-order valence-corrected chi connectivity index (χ1v) is 7.52. The van der Waals surface area contributed by atoms with Crippen LogP contribution in [0.1, 0.15) is 37.8 Å². The van der Waals surface area contributed by atoms with Crippen LogP contribution in [-0.4, -0.2) is 23.7 Å². The average molecular weight is 292 g/mol. The second-order valence-corrected chi connectivity index (χ2v) is 6.23. The van der Waals surface area contributed by atoms with E-state index >= 15 is 0 Å². The van der Waals surface area contributed by atoms with Gasteiger partial charge in [0, 0.05) is 30.0 Å². The van der Waals surface area contributed by atoms with Gasteiger partial charge in [0.05, 0.1) is 11.0 Å². The first-order valence-electron chi connectivity index (χ1n) is 7.52. The normalized spacial score (nSPS) is 22.3. The van der Waals surface area contributed by atoms with Crippen LogP contribution in [0, 0.1) is 29.9 Å². The molecule has 0 saturated carbocycles. The first kappa shape index (κ1) is 15.8. The molecular formula is C16H24N2O3. The molecule has 0 amide bonds. The van der Waals surface area contributed by atoms with Gasteiger partial charge in [-0.25, -0.2) is 0 Å². The maximum Gasteiger partial charge on any atom is 0.272 e. The Balaban J connectivity index is 2.12. The molecule has 21 heavy (non-hydrogen) atoms. The third-order valence-electron chi connectivity index (χ3n) is 4.16. The van der Waals surface area contributed by atoms with Gasteiger partial charge in [0.1, 0.15) is 0 Å². The lowest BCUT2D eigenvalue weighted by Crippen LogP contribution is -2.36. The lowest BCUT2D eigenvalue weighted by molar-refractivity contribution is -0.385. The summed E-state index contributed by atoms with van der Waals surface area (Å²) in [7, 11) is 0. The molecule has 1 aromatic carbocycles. The van der Waals surface area contributed by atoms with Gasteiger partial charge in [-0.3, -0.25) is 10.1 Å². The number of hydrogen-bond acceptors (Lipinski definition) is 4. The van der Waals surface area contributed by atoms with E-state index in [1.165, 1.54) is 0 Å². The Labute approximate surface area is 125 Å². The van der Waals surface area contributed by atoms with Crippen molar-refractivity contribution in [1.29, 1.82) is 0 Å². The quantitative estimate of drug-likeness (QED) is 0.676. The monoisotopic (exact) mass is 292 g/mol. The lowest BCUT2D eigenvalue weighted by atomic mass is 9.95. The van der Waals surface area contributed by atoms with Gasteiger partial charge < -0.3 is 10.1 Å². The van der Waals surface area contributed by atoms with Gasteiger partial charge in [-0.1, -0.05) is 13.8 Å². The number of rotatable bonds is 4. The molecule has 1 fully saturated rings. The minimum Gasteiger partial charge on any atom is -0.382 e. The smallest absolute Gasteiger partial charge is 0.272 e. The summed E-state index contributed by atoms with van der Waals surface area (Å²) in [6.45, 7) is 8.81. The molecule has 2 atom stereocenters. The van der Waals surface area contributed by atoms with Gasteiger partial charge in [0.2, 0.25) is 0 Å². The van der Waals surface area contributed by atoms with E-state index in [1.54, 1.807) is 13.0 Å². The number of aryl methyl sites for hydroxylation is 2. The number of ether oxygens (including phenoxy) is 1. The zero-order valence-electron chi connectivity index (χ0n) is 13.2. The summed E-state index contributed by atoms with van der Waals surface area (Å²) in [4.78, 5) is 10.6. The van der Waals surface area contributed by atoms with Gasteiger partial charge in [0.15, 0.2) is 0 Å². The SMILES string of the molecule is Cc1cc([N+](=O)[O-])c(C)cc1NC1CCOC(C(C)C)C1. The Morgan fingerprint density at radius 3 is 2.67 bits per heavy atom. The van der Waals surface area contributed by atoms with Gasteiger partial charge in [0.25, 0.3) is 5.69 Å². The topological polar surface area (TPSA) is 64.4 Å². The van der Waals surface area contributed by atoms with Crippen LogP contribution in [-0.2, 0) is 4.74 Å². The predicted molar refractivity (Wildman–Crippen MR) is 83.8 cm³/mol. The van der Waals surface area contributed by atoms with Gasteiger partial charge in [-0.05, 0) is 44.2 Å². The third-order valence-corrected chi connectivity index (χ3v) is 4.16. The van der Waals surface area contributed by atoms with Crippen molar-refractivity contribution in [2.45, 2.75) is 52.7 Å². The summed E-state index contributed by atoms with van der Waals surface area (Å²) in [5.74, 6) is 0.509. The average Bonchev–Trinajstić information content (AvgIpc) is 2.42. The minimum atomic E-state index is -0.324. The van der Waals surface area contributed by atoms with Crippen LogP contribution in [0.2, 0.25) is 0 Å². The van der Waals surface area contributed by atoms with Crippen molar-refractivity contribution in [2.24, 2.45) is 5.92 Å². The van der Waals surface area contributed by atoms with Crippen molar-refractivity contribution < 1.29 is 9.66 Å². The van der Waals surface area contributed by atoms with Crippen LogP contribution < -0.4 is 5.32 Å². The van der Waals surface area contributed by atoms with Crippen molar-refractivity contribution in [3.63, 3.8) is 0 Å². The Kier molecular flexibility index (Phi) is 4.83. The number of nitrogens with one attached hydrogen (secondary N) is 1. The highest BCUT2D eigenvalue weighted by Gasteiger charge is 2.25. The van der Waals surface area contributed by atoms with Crippen molar-refractivity contribution in [2.75, 3.05) is 11.9 Å². The van der Waals surface area contributed by atoms with Crippen LogP contribution >= 0.6 is 0 Å². The zero-order valence-corrected chi connectivity index (χ0v) is 13.2. The number of nitrogens with zero attached hydrogens (tertiary/aromatic N) is 1. The molecule has 2 unspecified atom stereocenters. The molecule has 2 rings (SSSR count). The Bertz CT molecular complexity index is 528. The van der Waals surface area contributed by atoms with Crippen LogP contribution in [0.25, 0.3) is 0 Å². The van der Waals surface area contributed by atoms with E-state index in [2.05, 4.69) is 19.2 Å². The van der Waals surface area contributed by atoms with E-state index < -0.39 is 0 Å². The number of anilines is 1. The highest BCUT2D eigenvalue weighted by atomic mass is 16.6. The fraction of sp³-hybridized carbons (Fsp3) is 0.625. The van der Waals surface area contributed by atoms with Crippen LogP contribution in [0.3, 0.4) is 0 Å². The molecule has 5 heteroatoms. The standard InChI is InChI=1S/C16H24N2O3/c1-10(2)16-9-13(5-6-21-16)17-14-7-12(4)15(18(19)20)8-11(14)3/h7-8,10,13,16-17H,5-6,9H2,1-4H3. The second-order valence-electron chi connectivity index (χ2n) is 6.23. The maximum atomic E-state index is 11.0. The lowest BCUT2D eigenvalue weighted by Gasteiger charge is -2.33. The Morgan fingerprint density at radius 2 is 2.05 bits per heavy atom. The van der Waals surface area contributed by atoms with E-state index in [0.29, 0.717) is 17.5 Å². The molecule has 0 aromatic heterocycles. The number of nitro groups is 1. The molecule has 1 N–H and O–H groups in total. The fourth-order valence-corrected chi connectivity index (χ4v) is 2.80. The van der Waals surface area contributed by atoms with E-state index in [0.717, 1.165) is 30.7 Å². The minimum absolute atomic E-state index is 0.185. The highest BCUT2D eigenvalue weighted by Crippen LogP contribution is 2.29. The van der Waals surface area contributed by atoms with Crippen molar-refractivity contribution >= 4 is 11.4 Å². The van der Waals surface area contributed by atoms with Gasteiger partial charge in [-0.2, -0.15) is 0 Å². The molecule has 1 aliphatic rings. The fourth-order valence-electron chi connectivity index (χ4n) is 2.80. The molecule has 0 aliphatic carbocycles. The molecule has 0 bridgehead atoms. The molecule has 5 nitrogen and oxygen atoms in total. The molecule has 1 aromatic rings. The van der Waals surface area contributed by atoms with Crippen LogP contribution in [0.15, 0.2) is 12.1 Å². The molecular weight excluding hydrogens is 268 g/mol. The number of nitro benzene ring substituents is 1. The maximum absolute atomic E-state index is 11.0. The van der Waals surface area contributed by atoms with Crippen molar-refractivity contribution in [3.05, 3.63) is 33.4 Å². The van der Waals surface area contributed by atoms with E-state index in [4.69, 9.17) is 4.74 Å². The number of benzene rings is 1. The second kappa shape index (κ2) is 6.43. The zero-order chi connectivity index (χ0) is 15.6. The van der Waals surface area contributed by atoms with Gasteiger partial charge >= 0.3 is 0 Å². The largest absolute Gasteiger partial charge is 0.382 e. The summed E-state index contributed by atoms with van der Waals surface area (Å²) in [5.41, 5.74) is 2.79. The summed E-state index contributed by atoms with van der Waals surface area (Å²) in [6.07, 6.45) is 2.24. The summed E-state index contributed by atoms with van der Waals surface area (Å²) in [5, 5.41) is 14.5. The Morgan fingerprint density at radius 1 is 1.33 bits per heavy atom. The molecule has 116 valence electrons. The van der Waals surface area contributed by atoms with E-state index in [9.17, 15) is 10.1 Å². The first-order chi connectivity index (χ1) is 9.88. The van der Waals surface area contributed by atoms with Crippen LogP contribution in [0.5, 0.6) is 0 Å². The summed E-state index contributed by atoms with van der Waals surface area (Å²) < 4.78 is 5.78. The van der Waals surface area contributed by atoms with E-state index in [1.807, 2.05) is 13.0 Å².